The van der Waals surface area contributed by atoms with Crippen LogP contribution in [-0.4, -0.2) is 99.1 Å². The number of carbonyl (C=O) groups excluding carboxylic acids is 1. The van der Waals surface area contributed by atoms with Crippen molar-refractivity contribution in [3.05, 3.63) is 71.9 Å². The second-order valence-electron chi connectivity index (χ2n) is 10.6. The van der Waals surface area contributed by atoms with Crippen molar-refractivity contribution in [3.63, 3.8) is 0 Å². The molecular formula is C30H35F2N7O2. The van der Waals surface area contributed by atoms with Crippen molar-refractivity contribution >= 4 is 23.1 Å². The number of aromatic hydroxyl groups is 1. The molecule has 0 radical (unpaired) electrons. The van der Waals surface area contributed by atoms with Gasteiger partial charge < -0.3 is 15.3 Å². The van der Waals surface area contributed by atoms with E-state index in [2.05, 4.69) is 25.1 Å². The minimum atomic E-state index is -0.817. The fraction of sp³-hybridized carbons (Fsp3) is 0.367. The minimum Gasteiger partial charge on any atom is -0.505 e. The molecule has 2 N–H and O–H groups in total. The number of hydrogen-bond donors (Lipinski definition) is 2. The number of nitrogens with zero attached hydrogens (tertiary/aromatic N) is 6. The molecule has 0 spiro atoms. The van der Waals surface area contributed by atoms with Crippen LogP contribution in [0.4, 0.5) is 20.3 Å². The first kappa shape index (κ1) is 28.4. The summed E-state index contributed by atoms with van der Waals surface area (Å²) in [5, 5.41) is 12.8. The third kappa shape index (κ3) is 6.47. The Bertz CT molecular complexity index is 1530. The fourth-order valence-electron chi connectivity index (χ4n) is 5.16. The first-order chi connectivity index (χ1) is 19.7. The molecule has 41 heavy (non-hydrogen) atoms. The maximum Gasteiger partial charge on any atom is 0.253 e. The van der Waals surface area contributed by atoms with E-state index in [9.17, 15) is 18.7 Å². The molecule has 1 fully saturated rings. The lowest BCUT2D eigenvalue weighted by atomic mass is 10.1. The van der Waals surface area contributed by atoms with Gasteiger partial charge in [-0.3, -0.25) is 19.0 Å². The standard InChI is InChI=1S/C30H35F2N7O2/c1-20-16-23(5-6-24(20)30(41)36(3)10-11-37-12-14-38(15-13-37)19-21(2)31)35-28-29-34-18-26(39(29)9-8-33-28)22-4-7-27(40)25(32)17-22/h4-9,16-18,21,40H,10-15,19H2,1-3H3,(H,33,35). The van der Waals surface area contributed by atoms with Crippen LogP contribution in [0.2, 0.25) is 0 Å². The van der Waals surface area contributed by atoms with Crippen LogP contribution in [0.1, 0.15) is 22.8 Å². The second kappa shape index (κ2) is 12.2. The minimum absolute atomic E-state index is 0.0433. The van der Waals surface area contributed by atoms with Gasteiger partial charge in [-0.05, 0) is 55.8 Å². The maximum absolute atomic E-state index is 13.9. The lowest BCUT2D eigenvalue weighted by molar-refractivity contribution is 0.0736. The number of benzene rings is 2. The number of aromatic nitrogens is 3. The van der Waals surface area contributed by atoms with E-state index < -0.39 is 17.7 Å². The molecule has 4 aromatic rings. The average Bonchev–Trinajstić information content (AvgIpc) is 3.39. The zero-order valence-electron chi connectivity index (χ0n) is 23.5. The van der Waals surface area contributed by atoms with Crippen LogP contribution in [0, 0.1) is 12.7 Å². The Morgan fingerprint density at radius 2 is 1.88 bits per heavy atom. The van der Waals surface area contributed by atoms with E-state index >= 15 is 0 Å². The number of anilines is 2. The van der Waals surface area contributed by atoms with Gasteiger partial charge in [0.05, 0.1) is 11.9 Å². The molecule has 0 aliphatic carbocycles. The van der Waals surface area contributed by atoms with E-state index in [0.717, 1.165) is 44.0 Å². The molecule has 0 saturated carbocycles. The summed E-state index contributed by atoms with van der Waals surface area (Å²) in [4.78, 5) is 28.3. The number of piperazine rings is 1. The molecule has 9 nitrogen and oxygen atoms in total. The zero-order chi connectivity index (χ0) is 29.1. The Balaban J connectivity index is 1.23. The average molecular weight is 564 g/mol. The summed E-state index contributed by atoms with van der Waals surface area (Å²) in [6.45, 7) is 8.79. The fourth-order valence-corrected chi connectivity index (χ4v) is 5.16. The number of phenols is 1. The van der Waals surface area contributed by atoms with Gasteiger partial charge in [0.25, 0.3) is 5.91 Å². The van der Waals surface area contributed by atoms with E-state index in [0.29, 0.717) is 41.4 Å². The predicted octanol–water partition coefficient (Wildman–Crippen LogP) is 4.34. The molecule has 216 valence electrons. The van der Waals surface area contributed by atoms with Crippen LogP contribution < -0.4 is 5.32 Å². The zero-order valence-corrected chi connectivity index (χ0v) is 23.5. The van der Waals surface area contributed by atoms with E-state index in [1.807, 2.05) is 32.2 Å². The Labute approximate surface area is 238 Å². The molecular weight excluding hydrogens is 528 g/mol. The van der Waals surface area contributed by atoms with Gasteiger partial charge in [0.1, 0.15) is 6.17 Å². The second-order valence-corrected chi connectivity index (χ2v) is 10.6. The van der Waals surface area contributed by atoms with Gasteiger partial charge in [-0.25, -0.2) is 18.7 Å². The molecule has 2 aromatic heterocycles. The van der Waals surface area contributed by atoms with Crippen molar-refractivity contribution in [2.24, 2.45) is 0 Å². The Kier molecular flexibility index (Phi) is 8.46. The molecule has 1 amide bonds. The van der Waals surface area contributed by atoms with Gasteiger partial charge in [0.2, 0.25) is 0 Å². The van der Waals surface area contributed by atoms with Crippen LogP contribution in [0.5, 0.6) is 5.75 Å². The van der Waals surface area contributed by atoms with Gasteiger partial charge in [0.15, 0.2) is 23.0 Å². The van der Waals surface area contributed by atoms with Crippen molar-refractivity contribution in [1.29, 1.82) is 0 Å². The number of alkyl halides is 1. The molecule has 2 aromatic carbocycles. The van der Waals surface area contributed by atoms with Crippen molar-refractivity contribution in [2.45, 2.75) is 20.0 Å². The van der Waals surface area contributed by atoms with Gasteiger partial charge in [0, 0.05) is 82.1 Å². The third-order valence-electron chi connectivity index (χ3n) is 7.46. The van der Waals surface area contributed by atoms with Crippen LogP contribution in [-0.2, 0) is 0 Å². The van der Waals surface area contributed by atoms with Crippen molar-refractivity contribution < 1.29 is 18.7 Å². The predicted molar refractivity (Wildman–Crippen MR) is 155 cm³/mol. The number of rotatable bonds is 9. The molecule has 1 saturated heterocycles. The van der Waals surface area contributed by atoms with Crippen LogP contribution >= 0.6 is 0 Å². The van der Waals surface area contributed by atoms with Crippen molar-refractivity contribution in [3.8, 4) is 17.0 Å². The van der Waals surface area contributed by atoms with Crippen molar-refractivity contribution in [1.82, 2.24) is 29.1 Å². The summed E-state index contributed by atoms with van der Waals surface area (Å²) >= 11 is 0. The lowest BCUT2D eigenvalue weighted by Crippen LogP contribution is -2.49. The summed E-state index contributed by atoms with van der Waals surface area (Å²) < 4.78 is 29.0. The third-order valence-corrected chi connectivity index (χ3v) is 7.46. The van der Waals surface area contributed by atoms with E-state index in [1.54, 1.807) is 40.9 Å². The molecule has 1 aliphatic heterocycles. The molecule has 5 rings (SSSR count). The topological polar surface area (TPSA) is 89.2 Å². The summed E-state index contributed by atoms with van der Waals surface area (Å²) in [7, 11) is 1.81. The molecule has 1 unspecified atom stereocenters. The largest absolute Gasteiger partial charge is 0.505 e. The van der Waals surface area contributed by atoms with E-state index in [4.69, 9.17) is 0 Å². The highest BCUT2D eigenvalue weighted by atomic mass is 19.1. The van der Waals surface area contributed by atoms with Crippen LogP contribution in [0.15, 0.2) is 55.0 Å². The van der Waals surface area contributed by atoms with E-state index in [1.165, 1.54) is 12.1 Å². The Morgan fingerprint density at radius 3 is 2.59 bits per heavy atom. The van der Waals surface area contributed by atoms with Crippen molar-refractivity contribution in [2.75, 3.05) is 58.2 Å². The molecule has 3 heterocycles. The normalized spacial score (nSPS) is 15.2. The van der Waals surface area contributed by atoms with Crippen LogP contribution in [0.3, 0.4) is 0 Å². The highest BCUT2D eigenvalue weighted by Gasteiger charge is 2.20. The maximum atomic E-state index is 13.9. The molecule has 1 atom stereocenters. The van der Waals surface area contributed by atoms with Gasteiger partial charge in [-0.2, -0.15) is 0 Å². The number of amides is 1. The number of nitrogens with one attached hydrogen (secondary N) is 1. The highest BCUT2D eigenvalue weighted by molar-refractivity contribution is 5.96. The Hall–Kier alpha value is -4.09. The molecule has 1 aliphatic rings. The van der Waals surface area contributed by atoms with E-state index in [-0.39, 0.29) is 5.91 Å². The quantitative estimate of drug-likeness (QED) is 0.313. The summed E-state index contributed by atoms with van der Waals surface area (Å²) in [6, 6.07) is 9.74. The first-order valence-corrected chi connectivity index (χ1v) is 13.7. The Morgan fingerprint density at radius 1 is 1.12 bits per heavy atom. The van der Waals surface area contributed by atoms with Gasteiger partial charge in [-0.1, -0.05) is 0 Å². The monoisotopic (exact) mass is 563 g/mol. The number of phenolic OH excluding ortho intramolecular Hbond substituents is 1. The number of carbonyl (C=O) groups is 1. The van der Waals surface area contributed by atoms with Gasteiger partial charge >= 0.3 is 0 Å². The lowest BCUT2D eigenvalue weighted by Gasteiger charge is -2.35. The number of likely N-dealkylation sites (N-methyl/N-ethyl adjacent to an activating group) is 1. The number of halogens is 2. The SMILES string of the molecule is Cc1cc(Nc2nccn3c(-c4ccc(O)c(F)c4)cnc23)ccc1C(=O)N(C)CCN1CCN(CC(C)F)CC1. The number of hydrogen-bond acceptors (Lipinski definition) is 7. The van der Waals surface area contributed by atoms with Gasteiger partial charge in [-0.15, -0.1) is 0 Å². The number of fused-ring (bicyclic) bond motifs is 1. The number of aryl methyl sites for hydroxylation is 1. The number of imidazole rings is 1. The molecule has 0 bridgehead atoms. The van der Waals surface area contributed by atoms with Crippen LogP contribution in [0.25, 0.3) is 16.9 Å². The highest BCUT2D eigenvalue weighted by Crippen LogP contribution is 2.28. The molecule has 11 heteroatoms. The summed E-state index contributed by atoms with van der Waals surface area (Å²) in [5.74, 6) is -0.648. The smallest absolute Gasteiger partial charge is 0.253 e. The summed E-state index contributed by atoms with van der Waals surface area (Å²) in [6.07, 6.45) is 4.17. The summed E-state index contributed by atoms with van der Waals surface area (Å²) in [5.41, 5.74) is 3.98. The first-order valence-electron chi connectivity index (χ1n) is 13.7.